The fourth-order valence-corrected chi connectivity index (χ4v) is 3.90. The first kappa shape index (κ1) is 20.7. The summed E-state index contributed by atoms with van der Waals surface area (Å²) >= 11 is 5.19. The maximum Gasteiger partial charge on any atom is 0.270 e. The van der Waals surface area contributed by atoms with Crippen LogP contribution in [-0.2, 0) is 16.1 Å². The summed E-state index contributed by atoms with van der Waals surface area (Å²) in [6, 6.07) is 17.4. The van der Waals surface area contributed by atoms with Crippen molar-refractivity contribution in [3.05, 3.63) is 94.6 Å². The number of carbonyl (C=O) groups is 2. The van der Waals surface area contributed by atoms with Crippen LogP contribution in [0.2, 0.25) is 0 Å². The van der Waals surface area contributed by atoms with Crippen molar-refractivity contribution in [1.29, 1.82) is 0 Å². The van der Waals surface area contributed by atoms with Crippen LogP contribution in [-0.4, -0.2) is 21.5 Å². The Balaban J connectivity index is 1.69. The van der Waals surface area contributed by atoms with Crippen molar-refractivity contribution < 1.29 is 14.0 Å². The molecule has 0 unspecified atom stereocenters. The highest BCUT2D eigenvalue weighted by Crippen LogP contribution is 2.25. The number of hydrogen-bond acceptors (Lipinski definition) is 3. The third-order valence-corrected chi connectivity index (χ3v) is 5.57. The minimum Gasteiger partial charge on any atom is -0.344 e. The number of anilines is 1. The van der Waals surface area contributed by atoms with Crippen LogP contribution >= 0.6 is 12.2 Å². The van der Waals surface area contributed by atoms with Crippen LogP contribution in [0.25, 0.3) is 6.08 Å². The number of nitrogens with zero attached hydrogens (tertiary/aromatic N) is 2. The summed E-state index contributed by atoms with van der Waals surface area (Å²) in [6.45, 7) is 4.63. The fourth-order valence-electron chi connectivity index (χ4n) is 3.62. The van der Waals surface area contributed by atoms with Crippen molar-refractivity contribution in [2.75, 3.05) is 4.90 Å². The van der Waals surface area contributed by atoms with Crippen LogP contribution in [0.4, 0.5) is 10.1 Å². The van der Waals surface area contributed by atoms with E-state index in [1.807, 2.05) is 38.1 Å². The molecular formula is C24H20FN3O2S. The van der Waals surface area contributed by atoms with Crippen molar-refractivity contribution in [1.82, 2.24) is 9.88 Å². The third kappa shape index (κ3) is 4.04. The molecule has 0 aliphatic carbocycles. The molecule has 1 aliphatic heterocycles. The lowest BCUT2D eigenvalue weighted by Gasteiger charge is -2.28. The molecule has 1 fully saturated rings. The molecule has 0 saturated carbocycles. The topological polar surface area (TPSA) is 54.3 Å². The van der Waals surface area contributed by atoms with Gasteiger partial charge in [-0.25, -0.2) is 4.39 Å². The van der Waals surface area contributed by atoms with Gasteiger partial charge in [-0.2, -0.15) is 0 Å². The minimum atomic E-state index is -0.554. The van der Waals surface area contributed by atoms with Crippen LogP contribution in [0.3, 0.4) is 0 Å². The molecule has 5 nitrogen and oxygen atoms in total. The first-order valence-corrected chi connectivity index (χ1v) is 10.1. The van der Waals surface area contributed by atoms with E-state index >= 15 is 0 Å². The van der Waals surface area contributed by atoms with E-state index in [-0.39, 0.29) is 10.7 Å². The molecular weight excluding hydrogens is 413 g/mol. The van der Waals surface area contributed by atoms with Gasteiger partial charge in [0.15, 0.2) is 5.11 Å². The first-order valence-electron chi connectivity index (χ1n) is 9.73. The Morgan fingerprint density at radius 3 is 2.39 bits per heavy atom. The number of aryl methyl sites for hydroxylation is 1. The third-order valence-electron chi connectivity index (χ3n) is 5.28. The van der Waals surface area contributed by atoms with Gasteiger partial charge in [-0.1, -0.05) is 30.3 Å². The molecule has 1 aromatic heterocycles. The molecule has 0 spiro atoms. The number of nitrogens with one attached hydrogen (secondary N) is 1. The van der Waals surface area contributed by atoms with E-state index in [4.69, 9.17) is 12.2 Å². The number of amides is 2. The molecule has 2 heterocycles. The lowest BCUT2D eigenvalue weighted by molar-refractivity contribution is -0.122. The van der Waals surface area contributed by atoms with Gasteiger partial charge in [-0.05, 0) is 73.6 Å². The predicted molar refractivity (Wildman–Crippen MR) is 122 cm³/mol. The zero-order valence-electron chi connectivity index (χ0n) is 17.1. The molecule has 3 aromatic rings. The average Bonchev–Trinajstić information content (AvgIpc) is 3.00. The highest BCUT2D eigenvalue weighted by Gasteiger charge is 2.34. The van der Waals surface area contributed by atoms with Crippen molar-refractivity contribution in [2.45, 2.75) is 20.4 Å². The smallest absolute Gasteiger partial charge is 0.270 e. The van der Waals surface area contributed by atoms with Gasteiger partial charge in [0.1, 0.15) is 11.4 Å². The van der Waals surface area contributed by atoms with E-state index in [1.165, 1.54) is 29.2 Å². The summed E-state index contributed by atoms with van der Waals surface area (Å²) < 4.78 is 15.4. The van der Waals surface area contributed by atoms with Gasteiger partial charge < -0.3 is 4.57 Å². The summed E-state index contributed by atoms with van der Waals surface area (Å²) in [6.07, 6.45) is 1.58. The van der Waals surface area contributed by atoms with E-state index in [1.54, 1.807) is 6.08 Å². The molecule has 2 aromatic carbocycles. The predicted octanol–water partition coefficient (Wildman–Crippen LogP) is 4.12. The van der Waals surface area contributed by atoms with Gasteiger partial charge in [0, 0.05) is 17.9 Å². The van der Waals surface area contributed by atoms with Gasteiger partial charge in [0.2, 0.25) is 0 Å². The Bertz CT molecular complexity index is 1210. The van der Waals surface area contributed by atoms with Crippen molar-refractivity contribution in [2.24, 2.45) is 0 Å². The van der Waals surface area contributed by atoms with Gasteiger partial charge in [0.25, 0.3) is 11.8 Å². The Kier molecular flexibility index (Phi) is 5.52. The second kappa shape index (κ2) is 8.28. The van der Waals surface area contributed by atoms with Gasteiger partial charge in [-0.15, -0.1) is 0 Å². The summed E-state index contributed by atoms with van der Waals surface area (Å²) in [5.74, 6) is -1.53. The van der Waals surface area contributed by atoms with E-state index in [9.17, 15) is 14.0 Å². The summed E-state index contributed by atoms with van der Waals surface area (Å²) in [4.78, 5) is 26.9. The molecule has 1 saturated heterocycles. The lowest BCUT2D eigenvalue weighted by Crippen LogP contribution is -2.54. The van der Waals surface area contributed by atoms with Crippen molar-refractivity contribution in [3.8, 4) is 0 Å². The second-order valence-corrected chi connectivity index (χ2v) is 7.72. The molecule has 0 bridgehead atoms. The van der Waals surface area contributed by atoms with Crippen LogP contribution in [0.5, 0.6) is 0 Å². The fraction of sp³-hybridized carbons (Fsp3) is 0.125. The number of benzene rings is 2. The average molecular weight is 434 g/mol. The molecule has 0 atom stereocenters. The van der Waals surface area contributed by atoms with Crippen LogP contribution < -0.4 is 10.2 Å². The van der Waals surface area contributed by atoms with Crippen molar-refractivity contribution >= 4 is 40.9 Å². The Labute approximate surface area is 184 Å². The monoisotopic (exact) mass is 433 g/mol. The highest BCUT2D eigenvalue weighted by atomic mass is 32.1. The highest BCUT2D eigenvalue weighted by molar-refractivity contribution is 7.80. The first-order chi connectivity index (χ1) is 14.8. The molecule has 156 valence electrons. The second-order valence-electron chi connectivity index (χ2n) is 7.33. The van der Waals surface area contributed by atoms with E-state index in [2.05, 4.69) is 22.0 Å². The number of halogens is 1. The number of thiocarbonyl (C=S) groups is 1. The Morgan fingerprint density at radius 2 is 1.71 bits per heavy atom. The maximum absolute atomic E-state index is 13.3. The molecule has 1 aliphatic rings. The van der Waals surface area contributed by atoms with Gasteiger partial charge >= 0.3 is 0 Å². The Hall–Kier alpha value is -3.58. The van der Waals surface area contributed by atoms with Crippen LogP contribution in [0.15, 0.2) is 66.2 Å². The summed E-state index contributed by atoms with van der Waals surface area (Å²) in [5.41, 5.74) is 4.25. The van der Waals surface area contributed by atoms with Gasteiger partial charge in [0.05, 0.1) is 5.69 Å². The SMILES string of the molecule is Cc1cc(C=C2C(=O)NC(=S)N(c3ccc(F)cc3)C2=O)c(C)n1Cc1ccccc1. The standard InChI is InChI=1S/C24H20FN3O2S/c1-15-12-18(16(2)27(15)14-17-6-4-3-5-7-17)13-21-22(29)26-24(31)28(23(21)30)20-10-8-19(25)9-11-20/h3-13H,14H2,1-2H3,(H,26,29,31). The Morgan fingerprint density at radius 1 is 1.03 bits per heavy atom. The molecule has 7 heteroatoms. The van der Waals surface area contributed by atoms with E-state index in [0.29, 0.717) is 12.2 Å². The molecule has 31 heavy (non-hydrogen) atoms. The molecule has 1 N–H and O–H groups in total. The molecule has 4 rings (SSSR count). The minimum absolute atomic E-state index is 0.0297. The number of hydrogen-bond donors (Lipinski definition) is 1. The zero-order valence-corrected chi connectivity index (χ0v) is 17.9. The summed E-state index contributed by atoms with van der Waals surface area (Å²) in [7, 11) is 0. The maximum atomic E-state index is 13.3. The summed E-state index contributed by atoms with van der Waals surface area (Å²) in [5, 5.41) is 2.52. The zero-order chi connectivity index (χ0) is 22.1. The normalized spacial score (nSPS) is 15.5. The van der Waals surface area contributed by atoms with Crippen LogP contribution in [0.1, 0.15) is 22.5 Å². The molecule has 2 amide bonds. The number of aromatic nitrogens is 1. The molecule has 0 radical (unpaired) electrons. The van der Waals surface area contributed by atoms with E-state index in [0.717, 1.165) is 22.5 Å². The quantitative estimate of drug-likeness (QED) is 0.383. The lowest BCUT2D eigenvalue weighted by atomic mass is 10.1. The number of carbonyl (C=O) groups excluding carboxylic acids is 2. The van der Waals surface area contributed by atoms with Gasteiger partial charge in [-0.3, -0.25) is 19.8 Å². The van der Waals surface area contributed by atoms with E-state index < -0.39 is 17.6 Å². The van der Waals surface area contributed by atoms with Crippen LogP contribution in [0, 0.1) is 19.7 Å². The largest absolute Gasteiger partial charge is 0.344 e. The van der Waals surface area contributed by atoms with Crippen molar-refractivity contribution in [3.63, 3.8) is 0 Å². The number of rotatable bonds is 4.